The van der Waals surface area contributed by atoms with Gasteiger partial charge < -0.3 is 20.1 Å². The van der Waals surface area contributed by atoms with Crippen molar-refractivity contribution < 1.29 is 14.3 Å². The molecule has 0 saturated heterocycles. The molecule has 29 heavy (non-hydrogen) atoms. The number of ether oxygens (including phenoxy) is 2. The molecule has 1 atom stereocenters. The molecule has 0 radical (unpaired) electrons. The lowest BCUT2D eigenvalue weighted by Gasteiger charge is -2.13. The summed E-state index contributed by atoms with van der Waals surface area (Å²) in [7, 11) is 3.18. The Morgan fingerprint density at radius 1 is 1.14 bits per heavy atom. The number of carbonyl (C=O) groups is 1. The number of benzene rings is 2. The summed E-state index contributed by atoms with van der Waals surface area (Å²) < 4.78 is 10.6. The Balaban J connectivity index is 1.58. The van der Waals surface area contributed by atoms with Gasteiger partial charge in [0.2, 0.25) is 5.91 Å². The maximum atomic E-state index is 12.3. The highest BCUT2D eigenvalue weighted by Crippen LogP contribution is 2.33. The second-order valence-corrected chi connectivity index (χ2v) is 7.60. The molecule has 0 aliphatic carbocycles. The van der Waals surface area contributed by atoms with E-state index in [1.165, 1.54) is 11.3 Å². The first-order valence-corrected chi connectivity index (χ1v) is 10.2. The predicted molar refractivity (Wildman–Crippen MR) is 117 cm³/mol. The predicted octanol–water partition coefficient (Wildman–Crippen LogP) is 4.77. The van der Waals surface area contributed by atoms with Gasteiger partial charge in [0.25, 0.3) is 0 Å². The van der Waals surface area contributed by atoms with Crippen LogP contribution in [0, 0.1) is 0 Å². The molecular weight excluding hydrogens is 410 g/mol. The van der Waals surface area contributed by atoms with E-state index in [4.69, 9.17) is 21.1 Å². The van der Waals surface area contributed by atoms with Crippen LogP contribution in [0.4, 0.5) is 5.13 Å². The minimum atomic E-state index is -0.154. The van der Waals surface area contributed by atoms with Gasteiger partial charge in [0.1, 0.15) is 0 Å². The molecule has 1 unspecified atom stereocenters. The number of nitrogens with zero attached hydrogens (tertiary/aromatic N) is 1. The molecule has 0 aliphatic heterocycles. The van der Waals surface area contributed by atoms with Crippen LogP contribution < -0.4 is 20.1 Å². The molecule has 1 heterocycles. The monoisotopic (exact) mass is 431 g/mol. The van der Waals surface area contributed by atoms with Crippen molar-refractivity contribution >= 4 is 34.0 Å². The van der Waals surface area contributed by atoms with Gasteiger partial charge in [-0.2, -0.15) is 0 Å². The number of rotatable bonds is 8. The van der Waals surface area contributed by atoms with E-state index >= 15 is 0 Å². The quantitative estimate of drug-likeness (QED) is 0.537. The number of carbonyl (C=O) groups excluding carboxylic acids is 1. The van der Waals surface area contributed by atoms with Crippen molar-refractivity contribution in [3.63, 3.8) is 0 Å². The average Bonchev–Trinajstić information content (AvgIpc) is 3.20. The van der Waals surface area contributed by atoms with Crippen molar-refractivity contribution in [3.05, 3.63) is 58.4 Å². The van der Waals surface area contributed by atoms with E-state index in [-0.39, 0.29) is 18.5 Å². The van der Waals surface area contributed by atoms with E-state index in [0.29, 0.717) is 21.7 Å². The van der Waals surface area contributed by atoms with E-state index < -0.39 is 0 Å². The van der Waals surface area contributed by atoms with E-state index in [1.54, 1.807) is 14.2 Å². The Kier molecular flexibility index (Phi) is 7.09. The summed E-state index contributed by atoms with van der Waals surface area (Å²) >= 11 is 7.28. The van der Waals surface area contributed by atoms with Crippen LogP contribution in [0.15, 0.2) is 47.8 Å². The molecule has 8 heteroatoms. The smallest absolute Gasteiger partial charge is 0.240 e. The third-order valence-electron chi connectivity index (χ3n) is 4.37. The largest absolute Gasteiger partial charge is 0.493 e. The SMILES string of the molecule is COc1ccc(-c2csc(NC(=O)CNC(C)c3ccc(Cl)cc3)n2)cc1OC. The summed E-state index contributed by atoms with van der Waals surface area (Å²) in [5.41, 5.74) is 2.70. The number of halogens is 1. The summed E-state index contributed by atoms with van der Waals surface area (Å²) in [5.74, 6) is 1.13. The average molecular weight is 432 g/mol. The molecule has 1 aromatic heterocycles. The van der Waals surface area contributed by atoms with E-state index in [0.717, 1.165) is 16.8 Å². The van der Waals surface area contributed by atoms with Gasteiger partial charge in [0.05, 0.1) is 26.5 Å². The summed E-state index contributed by atoms with van der Waals surface area (Å²) in [6.45, 7) is 2.17. The van der Waals surface area contributed by atoms with Gasteiger partial charge in [-0.05, 0) is 42.8 Å². The Hall–Kier alpha value is -2.61. The zero-order chi connectivity index (χ0) is 20.8. The molecule has 3 rings (SSSR count). The van der Waals surface area contributed by atoms with Crippen molar-refractivity contribution in [2.45, 2.75) is 13.0 Å². The van der Waals surface area contributed by atoms with Crippen LogP contribution in [0.25, 0.3) is 11.3 Å². The standard InChI is InChI=1S/C21H22ClN3O3S/c1-13(14-4-7-16(22)8-5-14)23-11-20(26)25-21-24-17(12-29-21)15-6-9-18(27-2)19(10-15)28-3/h4-10,12-13,23H,11H2,1-3H3,(H,24,25,26). The number of hydrogen-bond acceptors (Lipinski definition) is 6. The molecule has 3 aromatic rings. The topological polar surface area (TPSA) is 72.5 Å². The summed E-state index contributed by atoms with van der Waals surface area (Å²) in [4.78, 5) is 16.8. The van der Waals surface area contributed by atoms with Crippen molar-refractivity contribution in [1.29, 1.82) is 0 Å². The van der Waals surface area contributed by atoms with Gasteiger partial charge in [-0.25, -0.2) is 4.98 Å². The lowest BCUT2D eigenvalue weighted by Crippen LogP contribution is -2.30. The Morgan fingerprint density at radius 2 is 1.86 bits per heavy atom. The summed E-state index contributed by atoms with van der Waals surface area (Å²) in [6, 6.07) is 13.2. The summed E-state index contributed by atoms with van der Waals surface area (Å²) in [5, 5.41) is 9.14. The third-order valence-corrected chi connectivity index (χ3v) is 5.38. The molecule has 1 amide bonds. The van der Waals surface area contributed by atoms with Gasteiger partial charge >= 0.3 is 0 Å². The van der Waals surface area contributed by atoms with Crippen molar-refractivity contribution in [3.8, 4) is 22.8 Å². The van der Waals surface area contributed by atoms with Gasteiger partial charge in [0, 0.05) is 22.0 Å². The molecule has 2 aromatic carbocycles. The number of thiazole rings is 1. The zero-order valence-electron chi connectivity index (χ0n) is 16.4. The number of methoxy groups -OCH3 is 2. The zero-order valence-corrected chi connectivity index (χ0v) is 17.9. The maximum absolute atomic E-state index is 12.3. The van der Waals surface area contributed by atoms with E-state index in [9.17, 15) is 4.79 Å². The third kappa shape index (κ3) is 5.47. The number of hydrogen-bond donors (Lipinski definition) is 2. The second-order valence-electron chi connectivity index (χ2n) is 6.31. The maximum Gasteiger partial charge on any atom is 0.240 e. The molecule has 6 nitrogen and oxygen atoms in total. The van der Waals surface area contributed by atoms with Crippen LogP contribution in [-0.4, -0.2) is 31.7 Å². The first kappa shape index (κ1) is 21.1. The fourth-order valence-corrected chi connectivity index (χ4v) is 3.60. The minimum Gasteiger partial charge on any atom is -0.493 e. The minimum absolute atomic E-state index is 0.0247. The molecule has 2 N–H and O–H groups in total. The van der Waals surface area contributed by atoms with Crippen LogP contribution >= 0.6 is 22.9 Å². The van der Waals surface area contributed by atoms with Gasteiger partial charge in [0.15, 0.2) is 16.6 Å². The highest BCUT2D eigenvalue weighted by Gasteiger charge is 2.12. The Morgan fingerprint density at radius 3 is 2.55 bits per heavy atom. The first-order valence-electron chi connectivity index (χ1n) is 8.96. The molecular formula is C21H22ClN3O3S. The van der Waals surface area contributed by atoms with E-state index in [1.807, 2.05) is 54.8 Å². The van der Waals surface area contributed by atoms with E-state index in [2.05, 4.69) is 15.6 Å². The molecule has 0 bridgehead atoms. The van der Waals surface area contributed by atoms with Crippen LogP contribution in [0.3, 0.4) is 0 Å². The Bertz CT molecular complexity index is 976. The van der Waals surface area contributed by atoms with Gasteiger partial charge in [-0.1, -0.05) is 23.7 Å². The Labute approximate surface area is 178 Å². The van der Waals surface area contributed by atoms with Crippen LogP contribution in [-0.2, 0) is 4.79 Å². The highest BCUT2D eigenvalue weighted by molar-refractivity contribution is 7.14. The molecule has 0 saturated carbocycles. The van der Waals surface area contributed by atoms with Gasteiger partial charge in [-0.3, -0.25) is 4.79 Å². The lowest BCUT2D eigenvalue weighted by molar-refractivity contribution is -0.115. The number of anilines is 1. The van der Waals surface area contributed by atoms with Gasteiger partial charge in [-0.15, -0.1) is 11.3 Å². The fraction of sp³-hybridized carbons (Fsp3) is 0.238. The molecule has 0 fully saturated rings. The molecule has 152 valence electrons. The lowest BCUT2D eigenvalue weighted by atomic mass is 10.1. The normalized spacial score (nSPS) is 11.7. The highest BCUT2D eigenvalue weighted by atomic mass is 35.5. The molecule has 0 aliphatic rings. The number of amides is 1. The van der Waals surface area contributed by atoms with Crippen LogP contribution in [0.5, 0.6) is 11.5 Å². The molecule has 0 spiro atoms. The number of nitrogens with one attached hydrogen (secondary N) is 2. The van der Waals surface area contributed by atoms with Crippen LogP contribution in [0.2, 0.25) is 5.02 Å². The van der Waals surface area contributed by atoms with Crippen LogP contribution in [0.1, 0.15) is 18.5 Å². The first-order chi connectivity index (χ1) is 14.0. The summed E-state index contributed by atoms with van der Waals surface area (Å²) in [6.07, 6.45) is 0. The fourth-order valence-electron chi connectivity index (χ4n) is 2.74. The van der Waals surface area contributed by atoms with Crippen molar-refractivity contribution in [2.24, 2.45) is 0 Å². The van der Waals surface area contributed by atoms with Crippen molar-refractivity contribution in [1.82, 2.24) is 10.3 Å². The number of aromatic nitrogens is 1. The second kappa shape index (κ2) is 9.73. The van der Waals surface area contributed by atoms with Crippen molar-refractivity contribution in [2.75, 3.05) is 26.1 Å².